The Labute approximate surface area is 113 Å². The zero-order valence-electron chi connectivity index (χ0n) is 10.5. The van der Waals surface area contributed by atoms with Gasteiger partial charge in [-0.25, -0.2) is 0 Å². The number of nitrogens with one attached hydrogen (secondary N) is 2. The summed E-state index contributed by atoms with van der Waals surface area (Å²) >= 11 is 0. The molecule has 0 bridgehead atoms. The molecule has 2 N–H and O–H groups in total. The van der Waals surface area contributed by atoms with Crippen molar-refractivity contribution in [1.82, 2.24) is 10.3 Å². The lowest BCUT2D eigenvalue weighted by molar-refractivity contribution is -0.384. The number of carbonyl (C=O) groups is 1. The molecule has 104 valence electrons. The Morgan fingerprint density at radius 2 is 2.30 bits per heavy atom. The molecule has 1 aromatic carbocycles. The number of nitro benzene ring substituents is 1. The van der Waals surface area contributed by atoms with Gasteiger partial charge in [-0.1, -0.05) is 0 Å². The molecule has 1 fully saturated rings. The molecule has 0 spiro atoms. The summed E-state index contributed by atoms with van der Waals surface area (Å²) in [6.07, 6.45) is 2.05. The number of amides is 1. The second kappa shape index (κ2) is 4.80. The van der Waals surface area contributed by atoms with Crippen LogP contribution in [0.2, 0.25) is 0 Å². The number of benzene rings is 1. The van der Waals surface area contributed by atoms with Crippen molar-refractivity contribution in [3.05, 3.63) is 28.3 Å². The van der Waals surface area contributed by atoms with E-state index in [0.717, 1.165) is 12.8 Å². The Morgan fingerprint density at radius 1 is 1.50 bits per heavy atom. The minimum atomic E-state index is -0.502. The van der Waals surface area contributed by atoms with Crippen LogP contribution in [-0.4, -0.2) is 28.4 Å². The fraction of sp³-hybridized carbons (Fsp3) is 0.333. The SMILES string of the molecule is O=C(CNc1nc2ccc([N+](=O)[O-])cc2o1)NC1CC1. The van der Waals surface area contributed by atoms with Crippen molar-refractivity contribution >= 4 is 28.7 Å². The number of aromatic nitrogens is 1. The van der Waals surface area contributed by atoms with Crippen LogP contribution in [0.3, 0.4) is 0 Å². The normalized spacial score (nSPS) is 14.2. The molecule has 0 radical (unpaired) electrons. The second-order valence-electron chi connectivity index (χ2n) is 4.62. The maximum absolute atomic E-state index is 11.5. The van der Waals surface area contributed by atoms with E-state index in [1.54, 1.807) is 0 Å². The van der Waals surface area contributed by atoms with E-state index in [2.05, 4.69) is 15.6 Å². The number of nitro groups is 1. The van der Waals surface area contributed by atoms with Gasteiger partial charge in [-0.3, -0.25) is 14.9 Å². The fourth-order valence-electron chi connectivity index (χ4n) is 1.76. The van der Waals surface area contributed by atoms with Crippen LogP contribution in [-0.2, 0) is 4.79 Å². The first kappa shape index (κ1) is 12.4. The molecule has 0 saturated heterocycles. The highest BCUT2D eigenvalue weighted by atomic mass is 16.6. The number of carbonyl (C=O) groups excluding carboxylic acids is 1. The maximum Gasteiger partial charge on any atom is 0.296 e. The average molecular weight is 276 g/mol. The van der Waals surface area contributed by atoms with E-state index in [-0.39, 0.29) is 24.2 Å². The molecular weight excluding hydrogens is 264 g/mol. The molecule has 3 rings (SSSR count). The fourth-order valence-corrected chi connectivity index (χ4v) is 1.76. The van der Waals surface area contributed by atoms with Gasteiger partial charge in [0.05, 0.1) is 17.5 Å². The van der Waals surface area contributed by atoms with Crippen molar-refractivity contribution in [2.75, 3.05) is 11.9 Å². The molecule has 1 amide bonds. The molecule has 8 heteroatoms. The standard InChI is InChI=1S/C12H12N4O4/c17-11(14-7-1-2-7)6-13-12-15-9-4-3-8(16(18)19)5-10(9)20-12/h3-5,7H,1-2,6H2,(H,13,15)(H,14,17). The Hall–Kier alpha value is -2.64. The first-order valence-corrected chi connectivity index (χ1v) is 6.20. The van der Waals surface area contributed by atoms with E-state index in [4.69, 9.17) is 4.42 Å². The monoisotopic (exact) mass is 276 g/mol. The van der Waals surface area contributed by atoms with E-state index < -0.39 is 4.92 Å². The van der Waals surface area contributed by atoms with Crippen LogP contribution in [0.15, 0.2) is 22.6 Å². The summed E-state index contributed by atoms with van der Waals surface area (Å²) in [7, 11) is 0. The predicted octanol–water partition coefficient (Wildman–Crippen LogP) is 1.43. The van der Waals surface area contributed by atoms with Gasteiger partial charge in [-0.2, -0.15) is 4.98 Å². The largest absolute Gasteiger partial charge is 0.423 e. The lowest BCUT2D eigenvalue weighted by Gasteiger charge is -2.02. The topological polar surface area (TPSA) is 110 Å². The third-order valence-electron chi connectivity index (χ3n) is 2.93. The van der Waals surface area contributed by atoms with Crippen LogP contribution < -0.4 is 10.6 Å². The number of hydrogen-bond acceptors (Lipinski definition) is 6. The van der Waals surface area contributed by atoms with Crippen molar-refractivity contribution in [3.63, 3.8) is 0 Å². The predicted molar refractivity (Wildman–Crippen MR) is 70.3 cm³/mol. The molecule has 1 aromatic heterocycles. The van der Waals surface area contributed by atoms with Crippen LogP contribution in [0.1, 0.15) is 12.8 Å². The molecule has 8 nitrogen and oxygen atoms in total. The van der Waals surface area contributed by atoms with E-state index in [0.29, 0.717) is 17.1 Å². The van der Waals surface area contributed by atoms with Crippen LogP contribution in [0, 0.1) is 10.1 Å². The van der Waals surface area contributed by atoms with E-state index in [1.807, 2.05) is 0 Å². The van der Waals surface area contributed by atoms with Crippen molar-refractivity contribution in [2.24, 2.45) is 0 Å². The maximum atomic E-state index is 11.5. The molecule has 2 aromatic rings. The van der Waals surface area contributed by atoms with Gasteiger partial charge in [0.2, 0.25) is 5.91 Å². The zero-order valence-corrected chi connectivity index (χ0v) is 10.5. The first-order chi connectivity index (χ1) is 9.61. The summed E-state index contributed by atoms with van der Waals surface area (Å²) in [4.78, 5) is 25.7. The summed E-state index contributed by atoms with van der Waals surface area (Å²) in [5, 5.41) is 16.2. The van der Waals surface area contributed by atoms with Gasteiger partial charge in [0, 0.05) is 12.1 Å². The number of oxazole rings is 1. The van der Waals surface area contributed by atoms with Gasteiger partial charge in [0.25, 0.3) is 11.7 Å². The molecule has 1 saturated carbocycles. The number of anilines is 1. The Balaban J connectivity index is 1.68. The number of rotatable bonds is 5. The highest BCUT2D eigenvalue weighted by Gasteiger charge is 2.23. The summed E-state index contributed by atoms with van der Waals surface area (Å²) in [5.74, 6) is -0.124. The van der Waals surface area contributed by atoms with Crippen LogP contribution >= 0.6 is 0 Å². The number of non-ortho nitro benzene ring substituents is 1. The van der Waals surface area contributed by atoms with Crippen LogP contribution in [0.25, 0.3) is 11.1 Å². The third kappa shape index (κ3) is 2.68. The number of hydrogen-bond donors (Lipinski definition) is 2. The highest BCUT2D eigenvalue weighted by Crippen LogP contribution is 2.23. The van der Waals surface area contributed by atoms with Crippen molar-refractivity contribution in [2.45, 2.75) is 18.9 Å². The molecule has 0 aliphatic heterocycles. The minimum Gasteiger partial charge on any atom is -0.423 e. The second-order valence-corrected chi connectivity index (χ2v) is 4.62. The average Bonchev–Trinajstić information content (AvgIpc) is 3.12. The van der Waals surface area contributed by atoms with Crippen LogP contribution in [0.5, 0.6) is 0 Å². The molecular formula is C12H12N4O4. The molecule has 1 heterocycles. The molecule has 0 atom stereocenters. The smallest absolute Gasteiger partial charge is 0.296 e. The lowest BCUT2D eigenvalue weighted by atomic mass is 10.3. The van der Waals surface area contributed by atoms with E-state index >= 15 is 0 Å². The zero-order chi connectivity index (χ0) is 14.1. The highest BCUT2D eigenvalue weighted by molar-refractivity contribution is 5.81. The molecule has 20 heavy (non-hydrogen) atoms. The third-order valence-corrected chi connectivity index (χ3v) is 2.93. The van der Waals surface area contributed by atoms with Gasteiger partial charge >= 0.3 is 0 Å². The van der Waals surface area contributed by atoms with Gasteiger partial charge in [0.15, 0.2) is 5.58 Å². The van der Waals surface area contributed by atoms with Crippen molar-refractivity contribution < 1.29 is 14.1 Å². The quantitative estimate of drug-likeness (QED) is 0.631. The summed E-state index contributed by atoms with van der Waals surface area (Å²) < 4.78 is 5.32. The minimum absolute atomic E-state index is 0.0609. The Morgan fingerprint density at radius 3 is 3.00 bits per heavy atom. The van der Waals surface area contributed by atoms with Crippen molar-refractivity contribution in [1.29, 1.82) is 0 Å². The molecule has 0 unspecified atom stereocenters. The van der Waals surface area contributed by atoms with Gasteiger partial charge < -0.3 is 15.1 Å². The lowest BCUT2D eigenvalue weighted by Crippen LogP contribution is -2.31. The number of fused-ring (bicyclic) bond motifs is 1. The first-order valence-electron chi connectivity index (χ1n) is 6.20. The van der Waals surface area contributed by atoms with E-state index in [9.17, 15) is 14.9 Å². The molecule has 1 aliphatic rings. The number of nitrogens with zero attached hydrogens (tertiary/aromatic N) is 2. The molecule has 1 aliphatic carbocycles. The Kier molecular flexibility index (Phi) is 2.97. The van der Waals surface area contributed by atoms with Gasteiger partial charge in [0.1, 0.15) is 5.52 Å². The van der Waals surface area contributed by atoms with Crippen LogP contribution in [0.4, 0.5) is 11.7 Å². The Bertz CT molecular complexity index is 677. The summed E-state index contributed by atoms with van der Waals surface area (Å²) in [5.41, 5.74) is 0.747. The van der Waals surface area contributed by atoms with E-state index in [1.165, 1.54) is 18.2 Å². The summed E-state index contributed by atoms with van der Waals surface area (Å²) in [6, 6.07) is 4.64. The van der Waals surface area contributed by atoms with Gasteiger partial charge in [-0.05, 0) is 18.9 Å². The summed E-state index contributed by atoms with van der Waals surface area (Å²) in [6.45, 7) is 0.0609. The van der Waals surface area contributed by atoms with Gasteiger partial charge in [-0.15, -0.1) is 0 Å². The van der Waals surface area contributed by atoms with Crippen molar-refractivity contribution in [3.8, 4) is 0 Å².